The standard InChI is InChI=1S/C16H24N2O.ClH/c1-13-7-9-14(10-8-13)4-2-6-16(19)18-15-5-3-11-17-12-15;/h7-10,15,17H,2-6,11-12H2,1H3,(H,18,19);1H. The van der Waals surface area contributed by atoms with Gasteiger partial charge in [-0.25, -0.2) is 0 Å². The van der Waals surface area contributed by atoms with Crippen LogP contribution in [0, 0.1) is 6.92 Å². The average molecular weight is 297 g/mol. The number of aryl methyl sites for hydroxylation is 2. The Morgan fingerprint density at radius 3 is 2.75 bits per heavy atom. The molecule has 0 radical (unpaired) electrons. The van der Waals surface area contributed by atoms with Gasteiger partial charge in [0.15, 0.2) is 0 Å². The fraction of sp³-hybridized carbons (Fsp3) is 0.562. The van der Waals surface area contributed by atoms with Crippen molar-refractivity contribution < 1.29 is 4.79 Å². The first-order valence-corrected chi connectivity index (χ1v) is 7.29. The zero-order valence-electron chi connectivity index (χ0n) is 12.2. The highest BCUT2D eigenvalue weighted by atomic mass is 35.5. The van der Waals surface area contributed by atoms with Crippen LogP contribution in [0.1, 0.15) is 36.8 Å². The summed E-state index contributed by atoms with van der Waals surface area (Å²) in [5, 5.41) is 6.43. The Hall–Kier alpha value is -1.06. The molecule has 4 heteroatoms. The van der Waals surface area contributed by atoms with E-state index in [0.717, 1.165) is 38.8 Å². The van der Waals surface area contributed by atoms with Crippen molar-refractivity contribution in [3.8, 4) is 0 Å². The van der Waals surface area contributed by atoms with Crippen molar-refractivity contribution in [3.05, 3.63) is 35.4 Å². The fourth-order valence-corrected chi connectivity index (χ4v) is 2.48. The van der Waals surface area contributed by atoms with Crippen LogP contribution in [-0.2, 0) is 11.2 Å². The van der Waals surface area contributed by atoms with Gasteiger partial charge < -0.3 is 10.6 Å². The maximum absolute atomic E-state index is 11.8. The molecular formula is C16H25ClN2O. The molecule has 0 bridgehead atoms. The first kappa shape index (κ1) is 17.0. The monoisotopic (exact) mass is 296 g/mol. The lowest BCUT2D eigenvalue weighted by molar-refractivity contribution is -0.122. The maximum atomic E-state index is 11.8. The number of hydrogen-bond donors (Lipinski definition) is 2. The van der Waals surface area contributed by atoms with Gasteiger partial charge >= 0.3 is 0 Å². The molecule has 20 heavy (non-hydrogen) atoms. The van der Waals surface area contributed by atoms with E-state index in [-0.39, 0.29) is 18.3 Å². The molecule has 0 saturated carbocycles. The lowest BCUT2D eigenvalue weighted by Crippen LogP contribution is -2.45. The van der Waals surface area contributed by atoms with Gasteiger partial charge in [0.1, 0.15) is 0 Å². The Bertz CT molecular complexity index is 399. The molecule has 1 aliphatic heterocycles. The van der Waals surface area contributed by atoms with Gasteiger partial charge in [0.2, 0.25) is 5.91 Å². The molecule has 3 nitrogen and oxygen atoms in total. The third-order valence-electron chi connectivity index (χ3n) is 3.65. The minimum absolute atomic E-state index is 0. The van der Waals surface area contributed by atoms with Gasteiger partial charge in [-0.1, -0.05) is 29.8 Å². The Balaban J connectivity index is 0.00000200. The Morgan fingerprint density at radius 1 is 1.35 bits per heavy atom. The number of nitrogens with one attached hydrogen (secondary N) is 2. The van der Waals surface area contributed by atoms with Crippen LogP contribution < -0.4 is 10.6 Å². The van der Waals surface area contributed by atoms with Gasteiger partial charge in [0, 0.05) is 19.0 Å². The third-order valence-corrected chi connectivity index (χ3v) is 3.65. The van der Waals surface area contributed by atoms with Crippen LogP contribution in [0.2, 0.25) is 0 Å². The Labute approximate surface area is 127 Å². The first-order valence-electron chi connectivity index (χ1n) is 7.29. The van der Waals surface area contributed by atoms with Crippen molar-refractivity contribution in [2.75, 3.05) is 13.1 Å². The molecule has 1 aromatic rings. The Kier molecular flexibility index (Phi) is 7.63. The topological polar surface area (TPSA) is 41.1 Å². The second-order valence-corrected chi connectivity index (χ2v) is 5.45. The number of carbonyl (C=O) groups excluding carboxylic acids is 1. The van der Waals surface area contributed by atoms with Gasteiger partial charge in [-0.05, 0) is 44.7 Å². The van der Waals surface area contributed by atoms with Crippen LogP contribution in [-0.4, -0.2) is 25.0 Å². The van der Waals surface area contributed by atoms with Crippen LogP contribution in [0.25, 0.3) is 0 Å². The average Bonchev–Trinajstić information content (AvgIpc) is 2.42. The molecule has 1 heterocycles. The molecule has 1 atom stereocenters. The molecular weight excluding hydrogens is 272 g/mol. The molecule has 1 fully saturated rings. The second-order valence-electron chi connectivity index (χ2n) is 5.45. The van der Waals surface area contributed by atoms with E-state index < -0.39 is 0 Å². The highest BCUT2D eigenvalue weighted by molar-refractivity contribution is 5.85. The number of rotatable bonds is 5. The summed E-state index contributed by atoms with van der Waals surface area (Å²) in [5.41, 5.74) is 2.60. The third kappa shape index (κ3) is 5.93. The highest BCUT2D eigenvalue weighted by Gasteiger charge is 2.14. The molecule has 1 unspecified atom stereocenters. The lowest BCUT2D eigenvalue weighted by Gasteiger charge is -2.23. The summed E-state index contributed by atoms with van der Waals surface area (Å²) in [6, 6.07) is 8.89. The maximum Gasteiger partial charge on any atom is 0.220 e. The molecule has 0 aromatic heterocycles. The molecule has 2 N–H and O–H groups in total. The number of hydrogen-bond acceptors (Lipinski definition) is 2. The van der Waals surface area contributed by atoms with Crippen molar-refractivity contribution in [3.63, 3.8) is 0 Å². The predicted molar refractivity (Wildman–Crippen MR) is 85.4 cm³/mol. The highest BCUT2D eigenvalue weighted by Crippen LogP contribution is 2.08. The molecule has 112 valence electrons. The van der Waals surface area contributed by atoms with Crippen molar-refractivity contribution in [1.82, 2.24) is 10.6 Å². The quantitative estimate of drug-likeness (QED) is 0.877. The lowest BCUT2D eigenvalue weighted by atomic mass is 10.1. The van der Waals surface area contributed by atoms with E-state index in [1.165, 1.54) is 11.1 Å². The van der Waals surface area contributed by atoms with Crippen molar-refractivity contribution in [1.29, 1.82) is 0 Å². The van der Waals surface area contributed by atoms with E-state index in [4.69, 9.17) is 0 Å². The molecule has 0 spiro atoms. The summed E-state index contributed by atoms with van der Waals surface area (Å²) < 4.78 is 0. The first-order chi connectivity index (χ1) is 9.24. The van der Waals surface area contributed by atoms with E-state index in [0.29, 0.717) is 12.5 Å². The van der Waals surface area contributed by atoms with Gasteiger partial charge in [-0.2, -0.15) is 0 Å². The van der Waals surface area contributed by atoms with E-state index >= 15 is 0 Å². The minimum Gasteiger partial charge on any atom is -0.352 e. The number of carbonyl (C=O) groups is 1. The van der Waals surface area contributed by atoms with E-state index in [1.807, 2.05) is 0 Å². The second kappa shape index (κ2) is 8.98. The van der Waals surface area contributed by atoms with E-state index in [9.17, 15) is 4.79 Å². The van der Waals surface area contributed by atoms with Crippen LogP contribution in [0.15, 0.2) is 24.3 Å². The molecule has 2 rings (SSSR count). The number of piperidine rings is 1. The minimum atomic E-state index is 0. The zero-order valence-corrected chi connectivity index (χ0v) is 13.0. The molecule has 1 saturated heterocycles. The number of halogens is 1. The smallest absolute Gasteiger partial charge is 0.220 e. The summed E-state index contributed by atoms with van der Waals surface area (Å²) in [6.07, 6.45) is 4.81. The van der Waals surface area contributed by atoms with Crippen LogP contribution in [0.3, 0.4) is 0 Å². The number of benzene rings is 1. The van der Waals surface area contributed by atoms with Gasteiger partial charge in [-0.15, -0.1) is 12.4 Å². The normalized spacial score (nSPS) is 18.1. The van der Waals surface area contributed by atoms with E-state index in [2.05, 4.69) is 41.8 Å². The summed E-state index contributed by atoms with van der Waals surface area (Å²) in [6.45, 7) is 4.10. The summed E-state index contributed by atoms with van der Waals surface area (Å²) in [4.78, 5) is 11.8. The summed E-state index contributed by atoms with van der Waals surface area (Å²) in [5.74, 6) is 0.195. The molecule has 0 aliphatic carbocycles. The molecule has 1 aromatic carbocycles. The predicted octanol–water partition coefficient (Wildman–Crippen LogP) is 2.61. The van der Waals surface area contributed by atoms with Crippen LogP contribution in [0.4, 0.5) is 0 Å². The SMILES string of the molecule is Cc1ccc(CCCC(=O)NC2CCCNC2)cc1.Cl. The van der Waals surface area contributed by atoms with E-state index in [1.54, 1.807) is 0 Å². The fourth-order valence-electron chi connectivity index (χ4n) is 2.48. The zero-order chi connectivity index (χ0) is 13.5. The van der Waals surface area contributed by atoms with Gasteiger partial charge in [0.05, 0.1) is 0 Å². The van der Waals surface area contributed by atoms with Crippen molar-refractivity contribution in [2.24, 2.45) is 0 Å². The van der Waals surface area contributed by atoms with Crippen LogP contribution >= 0.6 is 12.4 Å². The van der Waals surface area contributed by atoms with Crippen molar-refractivity contribution in [2.45, 2.75) is 45.1 Å². The summed E-state index contributed by atoms with van der Waals surface area (Å²) in [7, 11) is 0. The van der Waals surface area contributed by atoms with Gasteiger partial charge in [0.25, 0.3) is 0 Å². The number of amides is 1. The largest absolute Gasteiger partial charge is 0.352 e. The Morgan fingerprint density at radius 2 is 2.10 bits per heavy atom. The molecule has 1 amide bonds. The van der Waals surface area contributed by atoms with Crippen LogP contribution in [0.5, 0.6) is 0 Å². The summed E-state index contributed by atoms with van der Waals surface area (Å²) >= 11 is 0. The van der Waals surface area contributed by atoms with Crippen molar-refractivity contribution >= 4 is 18.3 Å². The van der Waals surface area contributed by atoms with Gasteiger partial charge in [-0.3, -0.25) is 4.79 Å². The molecule has 1 aliphatic rings.